The Morgan fingerprint density at radius 3 is 2.48 bits per heavy atom. The summed E-state index contributed by atoms with van der Waals surface area (Å²) in [6.45, 7) is 4.25. The molecule has 0 radical (unpaired) electrons. The highest BCUT2D eigenvalue weighted by atomic mass is 16.5. The number of ether oxygens (including phenoxy) is 2. The van der Waals surface area contributed by atoms with Gasteiger partial charge in [0.25, 0.3) is 0 Å². The van der Waals surface area contributed by atoms with E-state index in [1.807, 2.05) is 43.3 Å². The number of hydrogen-bond acceptors (Lipinski definition) is 4. The van der Waals surface area contributed by atoms with Crippen molar-refractivity contribution in [2.75, 3.05) is 13.2 Å². The van der Waals surface area contributed by atoms with Crippen LogP contribution in [0.25, 0.3) is 0 Å². The molecule has 2 rings (SSSR count). The van der Waals surface area contributed by atoms with E-state index in [9.17, 15) is 9.90 Å². The van der Waals surface area contributed by atoms with E-state index in [1.165, 1.54) is 0 Å². The molecule has 0 saturated carbocycles. The molecule has 0 aliphatic carbocycles. The fourth-order valence-electron chi connectivity index (χ4n) is 2.50. The monoisotopic (exact) mass is 344 g/mol. The first-order chi connectivity index (χ1) is 12.0. The molecule has 134 valence electrons. The fourth-order valence-corrected chi connectivity index (χ4v) is 2.50. The number of aliphatic hydroxyl groups is 1. The number of hydrogen-bond donors (Lipinski definition) is 2. The summed E-state index contributed by atoms with van der Waals surface area (Å²) in [7, 11) is 0. The molecule has 2 atom stereocenters. The highest BCUT2D eigenvalue weighted by Gasteiger charge is 2.17. The van der Waals surface area contributed by atoms with Crippen LogP contribution in [0.15, 0.2) is 48.5 Å². The van der Waals surface area contributed by atoms with Crippen molar-refractivity contribution in [3.63, 3.8) is 0 Å². The summed E-state index contributed by atoms with van der Waals surface area (Å²) in [5.74, 6) is -0.345. The minimum Gasteiger partial charge on any atom is -0.491 e. The van der Waals surface area contributed by atoms with Gasteiger partial charge in [-0.05, 0) is 37.1 Å². The van der Waals surface area contributed by atoms with Crippen LogP contribution in [-0.2, 0) is 16.0 Å². The van der Waals surface area contributed by atoms with E-state index in [2.05, 4.69) is 0 Å². The maximum Gasteiger partial charge on any atom is 0.333 e. The molecule has 0 heterocycles. The van der Waals surface area contributed by atoms with Crippen LogP contribution in [0.2, 0.25) is 0 Å². The molecule has 0 aliphatic rings. The summed E-state index contributed by atoms with van der Waals surface area (Å²) in [5.41, 5.74) is 2.76. The predicted molar refractivity (Wildman–Crippen MR) is 94.8 cm³/mol. The molecule has 5 heteroatoms. The average molecular weight is 344 g/mol. The van der Waals surface area contributed by atoms with Crippen molar-refractivity contribution < 1.29 is 24.5 Å². The van der Waals surface area contributed by atoms with Gasteiger partial charge in [-0.25, -0.2) is 4.79 Å². The Balaban J connectivity index is 1.90. The van der Waals surface area contributed by atoms with Gasteiger partial charge in [-0.3, -0.25) is 0 Å². The van der Waals surface area contributed by atoms with Crippen molar-refractivity contribution in [2.45, 2.75) is 32.5 Å². The van der Waals surface area contributed by atoms with E-state index in [-0.39, 0.29) is 6.61 Å². The van der Waals surface area contributed by atoms with E-state index < -0.39 is 18.2 Å². The highest BCUT2D eigenvalue weighted by molar-refractivity contribution is 5.72. The zero-order valence-electron chi connectivity index (χ0n) is 14.5. The Kier molecular flexibility index (Phi) is 6.98. The smallest absolute Gasteiger partial charge is 0.333 e. The Hall–Kier alpha value is -2.37. The van der Waals surface area contributed by atoms with Crippen LogP contribution in [0.5, 0.6) is 5.75 Å². The summed E-state index contributed by atoms with van der Waals surface area (Å²) in [4.78, 5) is 11.1. The van der Waals surface area contributed by atoms with Gasteiger partial charge in [0.05, 0.1) is 0 Å². The lowest BCUT2D eigenvalue weighted by Crippen LogP contribution is -2.26. The van der Waals surface area contributed by atoms with Crippen LogP contribution in [0, 0.1) is 6.92 Å². The van der Waals surface area contributed by atoms with Crippen LogP contribution < -0.4 is 4.74 Å². The lowest BCUT2D eigenvalue weighted by molar-refractivity contribution is -0.149. The molecule has 5 nitrogen and oxygen atoms in total. The zero-order chi connectivity index (χ0) is 18.2. The number of aliphatic hydroxyl groups excluding tert-OH is 1. The van der Waals surface area contributed by atoms with Gasteiger partial charge < -0.3 is 19.7 Å². The maximum atomic E-state index is 11.1. The third-order valence-corrected chi connectivity index (χ3v) is 3.82. The van der Waals surface area contributed by atoms with Gasteiger partial charge in [-0.1, -0.05) is 42.0 Å². The van der Waals surface area contributed by atoms with Crippen molar-refractivity contribution in [1.29, 1.82) is 0 Å². The summed E-state index contributed by atoms with van der Waals surface area (Å²) in [6, 6.07) is 14.8. The topological polar surface area (TPSA) is 76.0 Å². The van der Waals surface area contributed by atoms with Gasteiger partial charge in [0.2, 0.25) is 0 Å². The molecule has 0 aromatic heterocycles. The van der Waals surface area contributed by atoms with Crippen LogP contribution >= 0.6 is 0 Å². The molecule has 25 heavy (non-hydrogen) atoms. The van der Waals surface area contributed by atoms with E-state index in [4.69, 9.17) is 14.6 Å². The van der Waals surface area contributed by atoms with Gasteiger partial charge in [-0.15, -0.1) is 0 Å². The first-order valence-electron chi connectivity index (χ1n) is 8.30. The number of aryl methyl sites for hydroxylation is 1. The number of benzene rings is 2. The molecule has 2 N–H and O–H groups in total. The minimum atomic E-state index is -0.969. The van der Waals surface area contributed by atoms with Gasteiger partial charge >= 0.3 is 5.97 Å². The number of rotatable bonds is 9. The van der Waals surface area contributed by atoms with Crippen molar-refractivity contribution in [3.8, 4) is 5.75 Å². The van der Waals surface area contributed by atoms with Crippen LogP contribution in [0.3, 0.4) is 0 Å². The van der Waals surface area contributed by atoms with Crippen molar-refractivity contribution in [2.24, 2.45) is 0 Å². The first-order valence-corrected chi connectivity index (χ1v) is 8.30. The van der Waals surface area contributed by atoms with E-state index >= 15 is 0 Å². The Morgan fingerprint density at radius 1 is 1.16 bits per heavy atom. The summed E-state index contributed by atoms with van der Waals surface area (Å²) in [5, 5.41) is 19.3. The van der Waals surface area contributed by atoms with Crippen molar-refractivity contribution >= 4 is 5.97 Å². The maximum absolute atomic E-state index is 11.1. The average Bonchev–Trinajstić information content (AvgIpc) is 2.60. The fraction of sp³-hybridized carbons (Fsp3) is 0.350. The third kappa shape index (κ3) is 5.89. The SMILES string of the molecule is CCO[C@H](Cc1ccc(OC[C@H](O)c2cccc(C)c2)cc1)C(=O)O. The van der Waals surface area contributed by atoms with Gasteiger partial charge in [0.1, 0.15) is 18.5 Å². The summed E-state index contributed by atoms with van der Waals surface area (Å²) >= 11 is 0. The Morgan fingerprint density at radius 2 is 1.88 bits per heavy atom. The number of carboxylic acids is 1. The molecular formula is C20H24O5. The van der Waals surface area contributed by atoms with E-state index in [0.717, 1.165) is 16.7 Å². The van der Waals surface area contributed by atoms with E-state index in [1.54, 1.807) is 19.1 Å². The molecule has 0 aliphatic heterocycles. The standard InChI is InChI=1S/C20H24O5/c1-3-24-19(20(22)23)12-15-7-9-17(10-8-15)25-13-18(21)16-6-4-5-14(2)11-16/h4-11,18-19,21H,3,12-13H2,1-2H3,(H,22,23)/t18-,19+/m0/s1. The number of aliphatic carboxylic acids is 1. The van der Waals surface area contributed by atoms with Gasteiger partial charge in [0.15, 0.2) is 6.10 Å². The molecule has 0 fully saturated rings. The molecule has 2 aromatic carbocycles. The predicted octanol–water partition coefficient (Wildman–Crippen LogP) is 3.14. The number of carboxylic acid groups (broad SMARTS) is 1. The lowest BCUT2D eigenvalue weighted by atomic mass is 10.1. The van der Waals surface area contributed by atoms with Gasteiger partial charge in [0, 0.05) is 13.0 Å². The van der Waals surface area contributed by atoms with Crippen LogP contribution in [0.4, 0.5) is 0 Å². The molecule has 0 saturated heterocycles. The second-order valence-electron chi connectivity index (χ2n) is 5.87. The molecule has 2 aromatic rings. The van der Waals surface area contributed by atoms with Crippen molar-refractivity contribution in [3.05, 3.63) is 65.2 Å². The summed E-state index contributed by atoms with van der Waals surface area (Å²) in [6.07, 6.45) is -1.25. The van der Waals surface area contributed by atoms with Gasteiger partial charge in [-0.2, -0.15) is 0 Å². The Labute approximate surface area is 147 Å². The molecule has 0 unspecified atom stereocenters. The zero-order valence-corrected chi connectivity index (χ0v) is 14.5. The molecule has 0 amide bonds. The second kappa shape index (κ2) is 9.20. The molecule has 0 bridgehead atoms. The van der Waals surface area contributed by atoms with Crippen LogP contribution in [-0.4, -0.2) is 35.5 Å². The number of carbonyl (C=O) groups is 1. The van der Waals surface area contributed by atoms with E-state index in [0.29, 0.717) is 18.8 Å². The molecular weight excluding hydrogens is 320 g/mol. The molecule has 0 spiro atoms. The minimum absolute atomic E-state index is 0.152. The second-order valence-corrected chi connectivity index (χ2v) is 5.87. The summed E-state index contributed by atoms with van der Waals surface area (Å²) < 4.78 is 10.8. The normalized spacial score (nSPS) is 13.2. The third-order valence-electron chi connectivity index (χ3n) is 3.82. The largest absolute Gasteiger partial charge is 0.491 e. The lowest BCUT2D eigenvalue weighted by Gasteiger charge is -2.14. The van der Waals surface area contributed by atoms with Crippen molar-refractivity contribution in [1.82, 2.24) is 0 Å². The Bertz CT molecular complexity index is 681. The quantitative estimate of drug-likeness (QED) is 0.731. The van der Waals surface area contributed by atoms with Crippen LogP contribution in [0.1, 0.15) is 29.7 Å². The first kappa shape index (κ1) is 19.0. The highest BCUT2D eigenvalue weighted by Crippen LogP contribution is 2.19.